The molecule has 0 aliphatic carbocycles. The number of hydrogen-bond donors (Lipinski definition) is 1. The monoisotopic (exact) mass is 326 g/mol. The molecular formula is C19H22N2O3. The van der Waals surface area contributed by atoms with Gasteiger partial charge in [-0.2, -0.15) is 0 Å². The van der Waals surface area contributed by atoms with Crippen LogP contribution in [0.1, 0.15) is 16.7 Å². The van der Waals surface area contributed by atoms with Crippen LogP contribution in [0.15, 0.2) is 36.4 Å². The molecule has 2 aromatic carbocycles. The molecule has 24 heavy (non-hydrogen) atoms. The van der Waals surface area contributed by atoms with Crippen molar-refractivity contribution in [3.8, 4) is 11.5 Å². The Balaban J connectivity index is 1.55. The maximum atomic E-state index is 12.2. The van der Waals surface area contributed by atoms with Crippen molar-refractivity contribution in [2.75, 3.05) is 25.7 Å². The first-order valence-electron chi connectivity index (χ1n) is 7.95. The predicted octanol–water partition coefficient (Wildman–Crippen LogP) is 3.10. The fraction of sp³-hybridized carbons (Fsp3) is 0.316. The molecule has 5 heteroatoms. The van der Waals surface area contributed by atoms with Crippen molar-refractivity contribution in [1.29, 1.82) is 0 Å². The van der Waals surface area contributed by atoms with Crippen LogP contribution >= 0.6 is 0 Å². The van der Waals surface area contributed by atoms with Crippen LogP contribution in [0.5, 0.6) is 11.5 Å². The van der Waals surface area contributed by atoms with E-state index < -0.39 is 0 Å². The van der Waals surface area contributed by atoms with Gasteiger partial charge >= 0.3 is 0 Å². The fourth-order valence-corrected chi connectivity index (χ4v) is 2.67. The lowest BCUT2D eigenvalue weighted by molar-refractivity contribution is -0.117. The molecule has 1 amide bonds. The molecule has 0 atom stereocenters. The third-order valence-corrected chi connectivity index (χ3v) is 4.09. The van der Waals surface area contributed by atoms with Gasteiger partial charge < -0.3 is 14.8 Å². The van der Waals surface area contributed by atoms with E-state index >= 15 is 0 Å². The quantitative estimate of drug-likeness (QED) is 0.917. The Labute approximate surface area is 142 Å². The number of benzene rings is 2. The average Bonchev–Trinajstić information content (AvgIpc) is 2.98. The Morgan fingerprint density at radius 1 is 1.08 bits per heavy atom. The first-order valence-corrected chi connectivity index (χ1v) is 7.95. The molecular weight excluding hydrogens is 304 g/mol. The standard InChI is InChI=1S/C19H22N2O3/c1-13-4-6-16(8-14(13)2)20-19(22)11-21(3)10-15-5-7-17-18(9-15)24-12-23-17/h4-9H,10-12H2,1-3H3,(H,20,22). The van der Waals surface area contributed by atoms with E-state index in [1.54, 1.807) is 0 Å². The number of rotatable bonds is 5. The average molecular weight is 326 g/mol. The van der Waals surface area contributed by atoms with E-state index in [4.69, 9.17) is 9.47 Å². The number of nitrogens with one attached hydrogen (secondary N) is 1. The Kier molecular flexibility index (Phi) is 4.71. The molecule has 1 heterocycles. The molecule has 0 bridgehead atoms. The van der Waals surface area contributed by atoms with Gasteiger partial charge in [-0.1, -0.05) is 12.1 Å². The van der Waals surface area contributed by atoms with E-state index in [2.05, 4.69) is 12.2 Å². The van der Waals surface area contributed by atoms with Crippen LogP contribution in [0.2, 0.25) is 0 Å². The third-order valence-electron chi connectivity index (χ3n) is 4.09. The van der Waals surface area contributed by atoms with E-state index in [1.165, 1.54) is 11.1 Å². The molecule has 5 nitrogen and oxygen atoms in total. The second-order valence-corrected chi connectivity index (χ2v) is 6.21. The van der Waals surface area contributed by atoms with Crippen molar-refractivity contribution in [2.24, 2.45) is 0 Å². The van der Waals surface area contributed by atoms with E-state index in [9.17, 15) is 4.79 Å². The lowest BCUT2D eigenvalue weighted by Crippen LogP contribution is -2.29. The minimum Gasteiger partial charge on any atom is -0.454 e. The van der Waals surface area contributed by atoms with Crippen molar-refractivity contribution in [3.05, 3.63) is 53.1 Å². The second kappa shape index (κ2) is 6.93. The molecule has 126 valence electrons. The van der Waals surface area contributed by atoms with Gasteiger partial charge in [0.2, 0.25) is 12.7 Å². The zero-order valence-electron chi connectivity index (χ0n) is 14.3. The number of hydrogen-bond acceptors (Lipinski definition) is 4. The summed E-state index contributed by atoms with van der Waals surface area (Å²) in [5.41, 5.74) is 4.30. The zero-order valence-corrected chi connectivity index (χ0v) is 14.3. The van der Waals surface area contributed by atoms with Gasteiger partial charge in [-0.05, 0) is 61.9 Å². The summed E-state index contributed by atoms with van der Waals surface area (Å²) in [7, 11) is 1.92. The lowest BCUT2D eigenvalue weighted by Gasteiger charge is -2.17. The van der Waals surface area contributed by atoms with Crippen molar-refractivity contribution >= 4 is 11.6 Å². The van der Waals surface area contributed by atoms with Gasteiger partial charge in [0.25, 0.3) is 0 Å². The first kappa shape index (κ1) is 16.3. The molecule has 1 aliphatic rings. The smallest absolute Gasteiger partial charge is 0.238 e. The number of carbonyl (C=O) groups is 1. The number of ether oxygens (including phenoxy) is 2. The molecule has 1 aliphatic heterocycles. The van der Waals surface area contributed by atoms with Gasteiger partial charge in [-0.15, -0.1) is 0 Å². The number of nitrogens with zero attached hydrogens (tertiary/aromatic N) is 1. The number of fused-ring (bicyclic) bond motifs is 1. The molecule has 0 saturated heterocycles. The number of carbonyl (C=O) groups excluding carboxylic acids is 1. The van der Waals surface area contributed by atoms with Crippen LogP contribution in [0.25, 0.3) is 0 Å². The van der Waals surface area contributed by atoms with Crippen molar-refractivity contribution < 1.29 is 14.3 Å². The van der Waals surface area contributed by atoms with Gasteiger partial charge in [-0.25, -0.2) is 0 Å². The maximum absolute atomic E-state index is 12.2. The van der Waals surface area contributed by atoms with E-state index in [1.807, 2.05) is 55.3 Å². The van der Waals surface area contributed by atoms with E-state index in [0.29, 0.717) is 13.1 Å². The summed E-state index contributed by atoms with van der Waals surface area (Å²) in [5.74, 6) is 1.51. The summed E-state index contributed by atoms with van der Waals surface area (Å²) >= 11 is 0. The highest BCUT2D eigenvalue weighted by Gasteiger charge is 2.14. The molecule has 0 fully saturated rings. The third kappa shape index (κ3) is 3.86. The molecule has 0 saturated carbocycles. The summed E-state index contributed by atoms with van der Waals surface area (Å²) < 4.78 is 10.7. The first-order chi connectivity index (χ1) is 11.5. The predicted molar refractivity (Wildman–Crippen MR) is 93.4 cm³/mol. The number of aryl methyl sites for hydroxylation is 2. The topological polar surface area (TPSA) is 50.8 Å². The molecule has 0 aromatic heterocycles. The molecule has 3 rings (SSSR count). The van der Waals surface area contributed by atoms with Crippen LogP contribution in [-0.4, -0.2) is 31.2 Å². The fourth-order valence-electron chi connectivity index (χ4n) is 2.67. The van der Waals surface area contributed by atoms with Gasteiger partial charge in [-0.3, -0.25) is 9.69 Å². The van der Waals surface area contributed by atoms with Gasteiger partial charge in [0.05, 0.1) is 6.54 Å². The van der Waals surface area contributed by atoms with Gasteiger partial charge in [0, 0.05) is 12.2 Å². The van der Waals surface area contributed by atoms with Crippen LogP contribution < -0.4 is 14.8 Å². The Bertz CT molecular complexity index is 758. The van der Waals surface area contributed by atoms with Gasteiger partial charge in [0.1, 0.15) is 0 Å². The molecule has 2 aromatic rings. The van der Waals surface area contributed by atoms with Gasteiger partial charge in [0.15, 0.2) is 11.5 Å². The Hall–Kier alpha value is -2.53. The van der Waals surface area contributed by atoms with Crippen LogP contribution in [0.3, 0.4) is 0 Å². The van der Waals surface area contributed by atoms with Crippen LogP contribution in [0, 0.1) is 13.8 Å². The van der Waals surface area contributed by atoms with Crippen LogP contribution in [0.4, 0.5) is 5.69 Å². The summed E-state index contributed by atoms with van der Waals surface area (Å²) in [6.45, 7) is 5.35. The number of amides is 1. The summed E-state index contributed by atoms with van der Waals surface area (Å²) in [6.07, 6.45) is 0. The van der Waals surface area contributed by atoms with E-state index in [0.717, 1.165) is 22.7 Å². The highest BCUT2D eigenvalue weighted by Crippen LogP contribution is 2.32. The number of likely N-dealkylation sites (N-methyl/N-ethyl adjacent to an activating group) is 1. The largest absolute Gasteiger partial charge is 0.454 e. The molecule has 0 spiro atoms. The van der Waals surface area contributed by atoms with Crippen molar-refractivity contribution in [2.45, 2.75) is 20.4 Å². The zero-order chi connectivity index (χ0) is 17.1. The number of anilines is 1. The SMILES string of the molecule is Cc1ccc(NC(=O)CN(C)Cc2ccc3c(c2)OCO3)cc1C. The molecule has 0 unspecified atom stereocenters. The highest BCUT2D eigenvalue weighted by atomic mass is 16.7. The Morgan fingerprint density at radius 3 is 2.67 bits per heavy atom. The van der Waals surface area contributed by atoms with E-state index in [-0.39, 0.29) is 12.7 Å². The second-order valence-electron chi connectivity index (χ2n) is 6.21. The normalized spacial score (nSPS) is 12.5. The van der Waals surface area contributed by atoms with Crippen molar-refractivity contribution in [1.82, 2.24) is 4.90 Å². The Morgan fingerprint density at radius 2 is 1.88 bits per heavy atom. The summed E-state index contributed by atoms with van der Waals surface area (Å²) in [4.78, 5) is 14.2. The maximum Gasteiger partial charge on any atom is 0.238 e. The summed E-state index contributed by atoms with van der Waals surface area (Å²) in [6, 6.07) is 11.8. The minimum absolute atomic E-state index is 0.0264. The summed E-state index contributed by atoms with van der Waals surface area (Å²) in [5, 5.41) is 2.94. The lowest BCUT2D eigenvalue weighted by atomic mass is 10.1. The highest BCUT2D eigenvalue weighted by molar-refractivity contribution is 5.92. The minimum atomic E-state index is -0.0264. The molecule has 1 N–H and O–H groups in total. The molecule has 0 radical (unpaired) electrons. The van der Waals surface area contributed by atoms with Crippen LogP contribution in [-0.2, 0) is 11.3 Å². The van der Waals surface area contributed by atoms with Crippen molar-refractivity contribution in [3.63, 3.8) is 0 Å².